The molecule has 0 unspecified atom stereocenters. The average molecular weight is 612 g/mol. The van der Waals surface area contributed by atoms with Crippen LogP contribution in [0.15, 0.2) is 64.6 Å². The van der Waals surface area contributed by atoms with Gasteiger partial charge in [-0.3, -0.25) is 19.4 Å². The number of hydrogen-bond donors (Lipinski definition) is 9. The number of phenolic OH excluding ortho intramolecular Hbond substituents is 1. The molecule has 0 spiro atoms. The maximum Gasteiger partial charge on any atom is 0.328 e. The van der Waals surface area contributed by atoms with Crippen molar-refractivity contribution in [2.45, 2.75) is 63.2 Å². The molecule has 2 rings (SSSR count). The summed E-state index contributed by atoms with van der Waals surface area (Å²) in [6.45, 7) is 2.80. The third-order valence-electron chi connectivity index (χ3n) is 6.44. The van der Waals surface area contributed by atoms with Gasteiger partial charge in [-0.25, -0.2) is 9.79 Å². The fourth-order valence-corrected chi connectivity index (χ4v) is 4.05. The van der Waals surface area contributed by atoms with Gasteiger partial charge in [0.05, 0.1) is 0 Å². The van der Waals surface area contributed by atoms with E-state index in [0.29, 0.717) is 11.1 Å². The normalized spacial score (nSPS) is 13.0. The molecule has 0 fully saturated rings. The van der Waals surface area contributed by atoms with Gasteiger partial charge >= 0.3 is 5.97 Å². The Bertz CT molecular complexity index is 1340. The van der Waals surface area contributed by atoms with Gasteiger partial charge in [-0.1, -0.05) is 42.5 Å². The summed E-state index contributed by atoms with van der Waals surface area (Å²) >= 11 is 0. The van der Waals surface area contributed by atoms with Crippen molar-refractivity contribution in [1.29, 1.82) is 0 Å². The van der Waals surface area contributed by atoms with E-state index in [-0.39, 0.29) is 49.9 Å². The molecule has 0 saturated heterocycles. The molecule has 2 aromatic carbocycles. The smallest absolute Gasteiger partial charge is 0.328 e. The van der Waals surface area contributed by atoms with Gasteiger partial charge in [0.15, 0.2) is 11.9 Å². The van der Waals surface area contributed by atoms with Crippen LogP contribution in [0.25, 0.3) is 0 Å². The number of hydrogen-bond acceptors (Lipinski definition) is 7. The molecule has 3 amide bonds. The van der Waals surface area contributed by atoms with Crippen LogP contribution in [-0.4, -0.2) is 76.0 Å². The SMILES string of the molecule is CC(C)(NC(=O)[C@H](Cc1ccccc1)NC(=O)[C@@H](CCCN=C(N)N)NC(=O)[C@H](Cc1ccc(O)cc1)N=C(N)N)C(=O)O. The minimum Gasteiger partial charge on any atom is -0.508 e. The monoisotopic (exact) mass is 611 g/mol. The number of carboxylic acids is 1. The number of nitrogens with zero attached hydrogens (tertiary/aromatic N) is 2. The van der Waals surface area contributed by atoms with Crippen molar-refractivity contribution in [3.8, 4) is 5.75 Å². The molecule has 0 aliphatic rings. The summed E-state index contributed by atoms with van der Waals surface area (Å²) in [5, 5.41) is 26.9. The number of nitrogens with one attached hydrogen (secondary N) is 3. The number of carbonyl (C=O) groups excluding carboxylic acids is 3. The van der Waals surface area contributed by atoms with Gasteiger partial charge in [-0.2, -0.15) is 0 Å². The van der Waals surface area contributed by atoms with Crippen molar-refractivity contribution in [2.75, 3.05) is 6.54 Å². The second kappa shape index (κ2) is 16.3. The van der Waals surface area contributed by atoms with Crippen LogP contribution < -0.4 is 38.9 Å². The summed E-state index contributed by atoms with van der Waals surface area (Å²) in [5.74, 6) is -3.83. The van der Waals surface area contributed by atoms with E-state index in [9.17, 15) is 29.4 Å². The lowest BCUT2D eigenvalue weighted by molar-refractivity contribution is -0.146. The number of aromatic hydroxyl groups is 1. The van der Waals surface area contributed by atoms with Crippen LogP contribution in [0.3, 0.4) is 0 Å². The average Bonchev–Trinajstić information content (AvgIpc) is 2.94. The fourth-order valence-electron chi connectivity index (χ4n) is 4.05. The Morgan fingerprint density at radius 2 is 1.39 bits per heavy atom. The Labute approximate surface area is 255 Å². The van der Waals surface area contributed by atoms with Crippen LogP contribution >= 0.6 is 0 Å². The van der Waals surface area contributed by atoms with Gasteiger partial charge in [0.1, 0.15) is 29.4 Å². The van der Waals surface area contributed by atoms with E-state index in [1.54, 1.807) is 42.5 Å². The molecule has 0 aromatic heterocycles. The van der Waals surface area contributed by atoms with Crippen LogP contribution in [0.4, 0.5) is 0 Å². The highest BCUT2D eigenvalue weighted by Gasteiger charge is 2.34. The molecule has 0 aliphatic heterocycles. The van der Waals surface area contributed by atoms with Crippen molar-refractivity contribution in [3.63, 3.8) is 0 Å². The Hall–Kier alpha value is -5.34. The number of rotatable bonds is 16. The lowest BCUT2D eigenvalue weighted by atomic mass is 10.0. The predicted octanol–water partition coefficient (Wildman–Crippen LogP) is -1.18. The second-order valence-electron chi connectivity index (χ2n) is 10.6. The first-order valence-electron chi connectivity index (χ1n) is 13.8. The van der Waals surface area contributed by atoms with E-state index < -0.39 is 47.4 Å². The Kier molecular flexibility index (Phi) is 12.9. The predicted molar refractivity (Wildman–Crippen MR) is 165 cm³/mol. The maximum atomic E-state index is 13.6. The van der Waals surface area contributed by atoms with Crippen LogP contribution in [0, 0.1) is 0 Å². The van der Waals surface area contributed by atoms with Gasteiger partial charge in [0.2, 0.25) is 17.7 Å². The van der Waals surface area contributed by atoms with Gasteiger partial charge in [-0.05, 0) is 49.9 Å². The standard InChI is InChI=1S/C29H41N9O6/c1-29(2,26(43)44)38-25(42)22(15-17-7-4-3-5-8-17)36-23(40)20(9-6-14-34-27(30)31)35-24(41)21(37-28(32)33)16-18-10-12-19(39)13-11-18/h3-5,7-8,10-13,20-22,39H,6,9,14-16H2,1-2H3,(H,35,41)(H,36,40)(H,38,42)(H,43,44)(H4,30,31,34)(H4,32,33,37)/t20-,21+,22+/m1/s1. The number of carboxylic acid groups (broad SMARTS) is 1. The number of aliphatic imine (C=N–C) groups is 2. The first-order chi connectivity index (χ1) is 20.7. The molecule has 3 atom stereocenters. The molecular weight excluding hydrogens is 570 g/mol. The molecule has 15 heteroatoms. The molecule has 238 valence electrons. The zero-order valence-electron chi connectivity index (χ0n) is 24.7. The lowest BCUT2D eigenvalue weighted by Gasteiger charge is -2.27. The zero-order valence-corrected chi connectivity index (χ0v) is 24.7. The van der Waals surface area contributed by atoms with E-state index >= 15 is 0 Å². The quantitative estimate of drug-likeness (QED) is 0.0622. The van der Waals surface area contributed by atoms with Gasteiger partial charge in [-0.15, -0.1) is 0 Å². The number of aliphatic carboxylic acids is 1. The van der Waals surface area contributed by atoms with E-state index in [2.05, 4.69) is 25.9 Å². The van der Waals surface area contributed by atoms with Gasteiger partial charge in [0.25, 0.3) is 0 Å². The second-order valence-corrected chi connectivity index (χ2v) is 10.6. The van der Waals surface area contributed by atoms with Crippen LogP contribution in [-0.2, 0) is 32.0 Å². The molecule has 0 bridgehead atoms. The topological polar surface area (TPSA) is 274 Å². The summed E-state index contributed by atoms with van der Waals surface area (Å²) in [4.78, 5) is 59.9. The Morgan fingerprint density at radius 1 is 0.795 bits per heavy atom. The minimum absolute atomic E-state index is 0.0370. The number of benzene rings is 2. The molecule has 0 radical (unpaired) electrons. The molecule has 44 heavy (non-hydrogen) atoms. The van der Waals surface area contributed by atoms with Gasteiger partial charge < -0.3 is 49.1 Å². The molecule has 0 saturated carbocycles. The van der Waals surface area contributed by atoms with E-state index in [4.69, 9.17) is 22.9 Å². The summed E-state index contributed by atoms with van der Waals surface area (Å²) < 4.78 is 0. The van der Waals surface area contributed by atoms with Gasteiger partial charge in [0, 0.05) is 19.4 Å². The Morgan fingerprint density at radius 3 is 1.95 bits per heavy atom. The third kappa shape index (κ3) is 11.9. The maximum absolute atomic E-state index is 13.6. The first kappa shape index (κ1) is 34.9. The summed E-state index contributed by atoms with van der Waals surface area (Å²) in [6, 6.07) is 11.4. The van der Waals surface area contributed by atoms with Crippen molar-refractivity contribution in [1.82, 2.24) is 16.0 Å². The third-order valence-corrected chi connectivity index (χ3v) is 6.44. The molecule has 15 nitrogen and oxygen atoms in total. The number of nitrogens with two attached hydrogens (primary N) is 4. The summed E-state index contributed by atoms with van der Waals surface area (Å²) in [6.07, 6.45) is 0.446. The van der Waals surface area contributed by atoms with E-state index in [0.717, 1.165) is 0 Å². The summed E-state index contributed by atoms with van der Waals surface area (Å²) in [5.41, 5.74) is 21.7. The number of phenols is 1. The summed E-state index contributed by atoms with van der Waals surface area (Å²) in [7, 11) is 0. The molecular formula is C29H41N9O6. The van der Waals surface area contributed by atoms with Crippen molar-refractivity contribution >= 4 is 35.6 Å². The number of guanidine groups is 2. The fraction of sp³-hybridized carbons (Fsp3) is 0.379. The minimum atomic E-state index is -1.62. The van der Waals surface area contributed by atoms with Crippen LogP contribution in [0.5, 0.6) is 5.75 Å². The Balaban J connectivity index is 2.34. The van der Waals surface area contributed by atoms with E-state index in [1.165, 1.54) is 26.0 Å². The molecule has 2 aromatic rings. The molecule has 0 aliphatic carbocycles. The van der Waals surface area contributed by atoms with Crippen molar-refractivity contribution in [3.05, 3.63) is 65.7 Å². The molecule has 0 heterocycles. The largest absolute Gasteiger partial charge is 0.508 e. The van der Waals surface area contributed by atoms with Crippen molar-refractivity contribution in [2.24, 2.45) is 32.9 Å². The van der Waals surface area contributed by atoms with Crippen LogP contribution in [0.1, 0.15) is 37.8 Å². The van der Waals surface area contributed by atoms with Crippen molar-refractivity contribution < 1.29 is 29.4 Å². The van der Waals surface area contributed by atoms with Crippen LogP contribution in [0.2, 0.25) is 0 Å². The number of amides is 3. The highest BCUT2D eigenvalue weighted by atomic mass is 16.4. The highest BCUT2D eigenvalue weighted by Crippen LogP contribution is 2.14. The zero-order chi connectivity index (χ0) is 32.9. The first-order valence-corrected chi connectivity index (χ1v) is 13.8. The molecule has 13 N–H and O–H groups in total. The highest BCUT2D eigenvalue weighted by molar-refractivity contribution is 5.95. The van der Waals surface area contributed by atoms with E-state index in [1.807, 2.05) is 0 Å². The number of carbonyl (C=O) groups is 4. The lowest BCUT2D eigenvalue weighted by Crippen LogP contribution is -2.59.